The van der Waals surface area contributed by atoms with E-state index in [2.05, 4.69) is 5.32 Å². The zero-order valence-electron chi connectivity index (χ0n) is 19.5. The van der Waals surface area contributed by atoms with E-state index in [-0.39, 0.29) is 36.4 Å². The lowest BCUT2D eigenvalue weighted by atomic mass is 10.1. The quantitative estimate of drug-likeness (QED) is 0.479. The third-order valence-electron chi connectivity index (χ3n) is 5.09. The van der Waals surface area contributed by atoms with Crippen LogP contribution in [0.1, 0.15) is 41.9 Å². The molecule has 0 unspecified atom stereocenters. The van der Waals surface area contributed by atoms with Crippen molar-refractivity contribution in [2.75, 3.05) is 24.3 Å². The lowest BCUT2D eigenvalue weighted by Crippen LogP contribution is -2.31. The van der Waals surface area contributed by atoms with Crippen LogP contribution >= 0.6 is 0 Å². The monoisotopic (exact) mass is 451 g/mol. The molecule has 0 aliphatic carbocycles. The molecule has 7 heteroatoms. The summed E-state index contributed by atoms with van der Waals surface area (Å²) >= 11 is 0. The van der Waals surface area contributed by atoms with Crippen LogP contribution in [0.2, 0.25) is 0 Å². The molecule has 3 aromatic rings. The van der Waals surface area contributed by atoms with Crippen molar-refractivity contribution in [3.05, 3.63) is 83.6 Å². The fraction of sp³-hybridized carbons (Fsp3) is 0.308. The average molecular weight is 452 g/mol. The second kappa shape index (κ2) is 10.8. The molecule has 0 saturated heterocycles. The van der Waals surface area contributed by atoms with Gasteiger partial charge in [-0.1, -0.05) is 19.9 Å². The summed E-state index contributed by atoms with van der Waals surface area (Å²) in [4.78, 5) is 29.2. The molecule has 1 heterocycles. The third-order valence-corrected chi connectivity index (χ3v) is 5.09. The molecule has 2 amide bonds. The fourth-order valence-corrected chi connectivity index (χ4v) is 3.61. The van der Waals surface area contributed by atoms with Gasteiger partial charge in [0.2, 0.25) is 5.91 Å². The molecule has 0 fully saturated rings. The van der Waals surface area contributed by atoms with Crippen LogP contribution in [0, 0.1) is 11.7 Å². The van der Waals surface area contributed by atoms with Crippen LogP contribution in [0.15, 0.2) is 65.3 Å². The Morgan fingerprint density at radius 2 is 1.82 bits per heavy atom. The normalized spacial score (nSPS) is 10.8. The van der Waals surface area contributed by atoms with Gasteiger partial charge in [-0.3, -0.25) is 9.59 Å². The molecule has 0 aliphatic rings. The first-order chi connectivity index (χ1) is 15.7. The highest BCUT2D eigenvalue weighted by molar-refractivity contribution is 5.94. The highest BCUT2D eigenvalue weighted by Gasteiger charge is 2.21. The summed E-state index contributed by atoms with van der Waals surface area (Å²) in [5.41, 5.74) is 2.68. The molecule has 1 N–H and O–H groups in total. The number of hydrogen-bond donors (Lipinski definition) is 1. The van der Waals surface area contributed by atoms with E-state index in [1.54, 1.807) is 29.4 Å². The fourth-order valence-electron chi connectivity index (χ4n) is 3.61. The van der Waals surface area contributed by atoms with E-state index in [0.717, 1.165) is 11.3 Å². The van der Waals surface area contributed by atoms with Gasteiger partial charge >= 0.3 is 0 Å². The third kappa shape index (κ3) is 6.68. The topological polar surface area (TPSA) is 65.8 Å². The summed E-state index contributed by atoms with van der Waals surface area (Å²) in [6.45, 7) is 4.45. The van der Waals surface area contributed by atoms with Gasteiger partial charge in [0.05, 0.1) is 12.8 Å². The first kappa shape index (κ1) is 24.0. The zero-order chi connectivity index (χ0) is 24.0. The van der Waals surface area contributed by atoms with Crippen LogP contribution in [0.4, 0.5) is 15.8 Å². The van der Waals surface area contributed by atoms with Crippen molar-refractivity contribution >= 4 is 23.2 Å². The number of hydrogen-bond acceptors (Lipinski definition) is 4. The zero-order valence-corrected chi connectivity index (χ0v) is 19.5. The second-order valence-corrected chi connectivity index (χ2v) is 8.63. The Morgan fingerprint density at radius 3 is 2.45 bits per heavy atom. The summed E-state index contributed by atoms with van der Waals surface area (Å²) in [5, 5.41) is 2.94. The number of benzene rings is 2. The highest BCUT2D eigenvalue weighted by Crippen LogP contribution is 2.26. The Balaban J connectivity index is 1.93. The highest BCUT2D eigenvalue weighted by atomic mass is 19.1. The van der Waals surface area contributed by atoms with Gasteiger partial charge in [0.25, 0.3) is 5.91 Å². The van der Waals surface area contributed by atoms with Gasteiger partial charge in [-0.05, 0) is 60.0 Å². The molecule has 0 saturated carbocycles. The van der Waals surface area contributed by atoms with Crippen LogP contribution in [0.3, 0.4) is 0 Å². The molecular formula is C26H30FN3O3. The van der Waals surface area contributed by atoms with Crippen LogP contribution in [-0.2, 0) is 17.9 Å². The number of carbonyl (C=O) groups is 2. The van der Waals surface area contributed by atoms with Crippen molar-refractivity contribution < 1.29 is 18.4 Å². The smallest absolute Gasteiger partial charge is 0.254 e. The van der Waals surface area contributed by atoms with Crippen molar-refractivity contribution in [3.63, 3.8) is 0 Å². The molecule has 6 nitrogen and oxygen atoms in total. The van der Waals surface area contributed by atoms with E-state index in [9.17, 15) is 14.0 Å². The van der Waals surface area contributed by atoms with Crippen molar-refractivity contribution in [1.82, 2.24) is 4.90 Å². The maximum atomic E-state index is 13.8. The Labute approximate surface area is 194 Å². The van der Waals surface area contributed by atoms with Crippen molar-refractivity contribution in [2.24, 2.45) is 5.92 Å². The molecule has 2 aromatic carbocycles. The Kier molecular flexibility index (Phi) is 7.87. The van der Waals surface area contributed by atoms with Gasteiger partial charge in [0.15, 0.2) is 0 Å². The van der Waals surface area contributed by atoms with Gasteiger partial charge in [-0.25, -0.2) is 4.39 Å². The Hall–Kier alpha value is -3.61. The summed E-state index contributed by atoms with van der Waals surface area (Å²) < 4.78 is 19.3. The lowest BCUT2D eigenvalue weighted by molar-refractivity contribution is -0.116. The van der Waals surface area contributed by atoms with E-state index >= 15 is 0 Å². The van der Waals surface area contributed by atoms with Crippen molar-refractivity contribution in [3.8, 4) is 0 Å². The number of amides is 2. The molecule has 0 atom stereocenters. The van der Waals surface area contributed by atoms with Gasteiger partial charge in [0.1, 0.15) is 11.6 Å². The second-order valence-electron chi connectivity index (χ2n) is 8.63. The van der Waals surface area contributed by atoms with Gasteiger partial charge in [-0.15, -0.1) is 0 Å². The molecule has 0 spiro atoms. The van der Waals surface area contributed by atoms with Crippen molar-refractivity contribution in [1.29, 1.82) is 0 Å². The maximum Gasteiger partial charge on any atom is 0.254 e. The largest absolute Gasteiger partial charge is 0.467 e. The predicted octanol–water partition coefficient (Wildman–Crippen LogP) is 5.31. The van der Waals surface area contributed by atoms with Crippen LogP contribution < -0.4 is 10.2 Å². The SMILES string of the molecule is CC(C)CC(=O)Nc1ccc(N(C)C)c(CN(Cc2ccco2)C(=O)c2cccc(F)c2)c1. The lowest BCUT2D eigenvalue weighted by Gasteiger charge is -2.26. The number of nitrogens with zero attached hydrogens (tertiary/aromatic N) is 2. The predicted molar refractivity (Wildman–Crippen MR) is 128 cm³/mol. The van der Waals surface area contributed by atoms with Crippen LogP contribution in [-0.4, -0.2) is 30.8 Å². The summed E-state index contributed by atoms with van der Waals surface area (Å²) in [6, 6.07) is 14.8. The van der Waals surface area contributed by atoms with Gasteiger partial charge in [0, 0.05) is 44.0 Å². The number of anilines is 2. The minimum atomic E-state index is -0.470. The molecule has 0 bridgehead atoms. The number of furan rings is 1. The number of halogens is 1. The minimum absolute atomic E-state index is 0.0585. The molecule has 33 heavy (non-hydrogen) atoms. The summed E-state index contributed by atoms with van der Waals surface area (Å²) in [7, 11) is 3.84. The van der Waals surface area contributed by atoms with Gasteiger partial charge in [-0.2, -0.15) is 0 Å². The molecule has 3 rings (SSSR count). The molecular weight excluding hydrogens is 421 g/mol. The standard InChI is InChI=1S/C26H30FN3O3/c1-18(2)13-25(31)28-22-10-11-24(29(3)4)20(15-22)16-30(17-23-9-6-12-33-23)26(32)19-7-5-8-21(27)14-19/h5-12,14-15,18H,13,16-17H2,1-4H3,(H,28,31). The molecule has 0 radical (unpaired) electrons. The van der Waals surface area contributed by atoms with E-state index in [0.29, 0.717) is 17.9 Å². The Morgan fingerprint density at radius 1 is 1.03 bits per heavy atom. The van der Waals surface area contributed by atoms with Crippen molar-refractivity contribution in [2.45, 2.75) is 33.4 Å². The minimum Gasteiger partial charge on any atom is -0.467 e. The summed E-state index contributed by atoms with van der Waals surface area (Å²) in [6.07, 6.45) is 1.98. The summed E-state index contributed by atoms with van der Waals surface area (Å²) in [5.74, 6) is 0.0232. The number of nitrogens with one attached hydrogen (secondary N) is 1. The Bertz CT molecular complexity index is 1090. The van der Waals surface area contributed by atoms with E-state index in [1.165, 1.54) is 18.2 Å². The molecule has 0 aliphatic heterocycles. The first-order valence-electron chi connectivity index (χ1n) is 10.9. The van der Waals surface area contributed by atoms with Gasteiger partial charge < -0.3 is 19.5 Å². The van der Waals surface area contributed by atoms with Crippen LogP contribution in [0.5, 0.6) is 0 Å². The van der Waals surface area contributed by atoms with E-state index < -0.39 is 5.82 Å². The number of rotatable bonds is 9. The average Bonchev–Trinajstić information content (AvgIpc) is 3.25. The van der Waals surface area contributed by atoms with Crippen LogP contribution in [0.25, 0.3) is 0 Å². The first-order valence-corrected chi connectivity index (χ1v) is 10.9. The maximum absolute atomic E-state index is 13.8. The number of carbonyl (C=O) groups excluding carboxylic acids is 2. The van der Waals surface area contributed by atoms with E-state index in [1.807, 2.05) is 51.0 Å². The molecule has 1 aromatic heterocycles. The van der Waals surface area contributed by atoms with E-state index in [4.69, 9.17) is 4.42 Å². The molecule has 174 valence electrons.